The summed E-state index contributed by atoms with van der Waals surface area (Å²) in [7, 11) is -4.22. The van der Waals surface area contributed by atoms with Crippen molar-refractivity contribution < 1.29 is 18.0 Å². The normalized spacial score (nSPS) is 12.0. The van der Waals surface area contributed by atoms with Gasteiger partial charge >= 0.3 is 0 Å². The Kier molecular flexibility index (Phi) is 11.1. The standard InChI is InChI=1S/C28H30Cl3N3O4S/c1-3-16-32-28(36)26(4-2)33(18-20-8-5-6-11-25(20)31)27(35)19-34(23-10-7-9-22(30)17-23)39(37,38)24-14-12-21(29)13-15-24/h5-15,17,26H,3-4,16,18-19H2,1-2H3,(H,32,36)/t26-/m0/s1. The molecule has 3 rings (SSSR count). The molecule has 0 aliphatic rings. The van der Waals surface area contributed by atoms with Gasteiger partial charge in [0.05, 0.1) is 10.6 Å². The molecule has 0 aromatic heterocycles. The van der Waals surface area contributed by atoms with Crippen LogP contribution >= 0.6 is 34.8 Å². The van der Waals surface area contributed by atoms with Gasteiger partial charge in [-0.1, -0.05) is 72.9 Å². The molecule has 0 saturated heterocycles. The van der Waals surface area contributed by atoms with Crippen molar-refractivity contribution in [1.82, 2.24) is 10.2 Å². The molecule has 0 saturated carbocycles. The molecule has 3 aromatic rings. The van der Waals surface area contributed by atoms with E-state index < -0.39 is 28.5 Å². The van der Waals surface area contributed by atoms with Crippen LogP contribution in [0.15, 0.2) is 77.7 Å². The van der Waals surface area contributed by atoms with Gasteiger partial charge in [0.2, 0.25) is 11.8 Å². The van der Waals surface area contributed by atoms with Gasteiger partial charge in [-0.3, -0.25) is 13.9 Å². The van der Waals surface area contributed by atoms with E-state index in [2.05, 4.69) is 5.32 Å². The Morgan fingerprint density at radius 3 is 2.21 bits per heavy atom. The summed E-state index contributed by atoms with van der Waals surface area (Å²) < 4.78 is 28.6. The van der Waals surface area contributed by atoms with E-state index in [4.69, 9.17) is 34.8 Å². The number of nitrogens with one attached hydrogen (secondary N) is 1. The van der Waals surface area contributed by atoms with Crippen LogP contribution in [-0.2, 0) is 26.2 Å². The van der Waals surface area contributed by atoms with Crippen LogP contribution in [0.5, 0.6) is 0 Å². The van der Waals surface area contributed by atoms with Gasteiger partial charge in [-0.15, -0.1) is 0 Å². The third-order valence-corrected chi connectivity index (χ3v) is 8.65. The average Bonchev–Trinajstić information content (AvgIpc) is 2.91. The highest BCUT2D eigenvalue weighted by atomic mass is 35.5. The molecule has 0 aliphatic heterocycles. The number of rotatable bonds is 12. The number of anilines is 1. The average molecular weight is 611 g/mol. The van der Waals surface area contributed by atoms with E-state index in [0.717, 1.165) is 10.7 Å². The predicted octanol–water partition coefficient (Wildman–Crippen LogP) is 6.18. The molecule has 1 atom stereocenters. The lowest BCUT2D eigenvalue weighted by Crippen LogP contribution is -2.52. The van der Waals surface area contributed by atoms with Gasteiger partial charge in [-0.25, -0.2) is 8.42 Å². The van der Waals surface area contributed by atoms with E-state index in [1.807, 2.05) is 6.92 Å². The van der Waals surface area contributed by atoms with Gasteiger partial charge < -0.3 is 10.2 Å². The van der Waals surface area contributed by atoms with Crippen molar-refractivity contribution in [2.75, 3.05) is 17.4 Å². The van der Waals surface area contributed by atoms with Crippen molar-refractivity contribution in [3.05, 3.63) is 93.4 Å². The lowest BCUT2D eigenvalue weighted by Gasteiger charge is -2.33. The third kappa shape index (κ3) is 7.88. The minimum Gasteiger partial charge on any atom is -0.354 e. The number of hydrogen-bond donors (Lipinski definition) is 1. The monoisotopic (exact) mass is 609 g/mol. The van der Waals surface area contributed by atoms with E-state index in [1.165, 1.54) is 35.2 Å². The maximum atomic E-state index is 14.0. The number of carbonyl (C=O) groups excluding carboxylic acids is 2. The fraction of sp³-hybridized carbons (Fsp3) is 0.286. The SMILES string of the molecule is CCCNC(=O)[C@H](CC)N(Cc1ccccc1Cl)C(=O)CN(c1cccc(Cl)c1)S(=O)(=O)c1ccc(Cl)cc1. The lowest BCUT2D eigenvalue weighted by atomic mass is 10.1. The number of nitrogens with zero attached hydrogens (tertiary/aromatic N) is 2. The fourth-order valence-electron chi connectivity index (χ4n) is 3.99. The van der Waals surface area contributed by atoms with Crippen molar-refractivity contribution in [2.24, 2.45) is 0 Å². The molecule has 0 heterocycles. The fourth-order valence-corrected chi connectivity index (χ4v) is 5.90. The maximum absolute atomic E-state index is 14.0. The summed E-state index contributed by atoms with van der Waals surface area (Å²) >= 11 is 18.6. The first-order chi connectivity index (χ1) is 18.6. The van der Waals surface area contributed by atoms with Gasteiger partial charge in [0.25, 0.3) is 10.0 Å². The number of halogens is 3. The zero-order valence-corrected chi connectivity index (χ0v) is 24.7. The van der Waals surface area contributed by atoms with Gasteiger partial charge in [-0.2, -0.15) is 0 Å². The van der Waals surface area contributed by atoms with Gasteiger partial charge in [0, 0.05) is 28.2 Å². The summed E-state index contributed by atoms with van der Waals surface area (Å²) in [5, 5.41) is 3.95. The molecule has 0 fully saturated rings. The molecule has 0 spiro atoms. The predicted molar refractivity (Wildman–Crippen MR) is 157 cm³/mol. The first-order valence-corrected chi connectivity index (χ1v) is 15.0. The van der Waals surface area contributed by atoms with E-state index >= 15 is 0 Å². The highest BCUT2D eigenvalue weighted by molar-refractivity contribution is 7.92. The first kappa shape index (κ1) is 30.8. The summed E-state index contributed by atoms with van der Waals surface area (Å²) in [6.45, 7) is 3.61. The van der Waals surface area contributed by atoms with E-state index in [-0.39, 0.29) is 23.0 Å². The topological polar surface area (TPSA) is 86.8 Å². The molecule has 0 bridgehead atoms. The summed E-state index contributed by atoms with van der Waals surface area (Å²) in [4.78, 5) is 28.4. The van der Waals surface area contributed by atoms with E-state index in [0.29, 0.717) is 33.6 Å². The Morgan fingerprint density at radius 1 is 0.897 bits per heavy atom. The summed E-state index contributed by atoms with van der Waals surface area (Å²) in [6, 6.07) is 18.0. The van der Waals surface area contributed by atoms with Crippen molar-refractivity contribution in [1.29, 1.82) is 0 Å². The Hall–Kier alpha value is -2.78. The molecule has 7 nitrogen and oxygen atoms in total. The molecular weight excluding hydrogens is 581 g/mol. The minimum absolute atomic E-state index is 0.0148. The molecule has 3 aromatic carbocycles. The highest BCUT2D eigenvalue weighted by Crippen LogP contribution is 2.28. The van der Waals surface area contributed by atoms with Crippen molar-refractivity contribution in [3.8, 4) is 0 Å². The Balaban J connectivity index is 2.06. The quantitative estimate of drug-likeness (QED) is 0.266. The Morgan fingerprint density at radius 2 is 1.59 bits per heavy atom. The number of hydrogen-bond acceptors (Lipinski definition) is 4. The number of carbonyl (C=O) groups is 2. The zero-order chi connectivity index (χ0) is 28.6. The molecule has 11 heteroatoms. The maximum Gasteiger partial charge on any atom is 0.264 e. The van der Waals surface area contributed by atoms with Crippen LogP contribution in [0.1, 0.15) is 32.3 Å². The van der Waals surface area contributed by atoms with Crippen LogP contribution in [-0.4, -0.2) is 44.3 Å². The number of amides is 2. The molecule has 0 radical (unpaired) electrons. The van der Waals surface area contributed by atoms with Crippen LogP contribution in [0.25, 0.3) is 0 Å². The van der Waals surface area contributed by atoms with E-state index in [9.17, 15) is 18.0 Å². The van der Waals surface area contributed by atoms with Gasteiger partial charge in [0.15, 0.2) is 0 Å². The summed E-state index contributed by atoms with van der Waals surface area (Å²) in [6.07, 6.45) is 1.04. The Bertz CT molecular complexity index is 1400. The molecule has 208 valence electrons. The molecule has 39 heavy (non-hydrogen) atoms. The second-order valence-electron chi connectivity index (χ2n) is 8.77. The Labute approximate surface area is 244 Å². The van der Waals surface area contributed by atoms with Crippen LogP contribution in [0.3, 0.4) is 0 Å². The highest BCUT2D eigenvalue weighted by Gasteiger charge is 2.34. The molecule has 0 unspecified atom stereocenters. The van der Waals surface area contributed by atoms with Gasteiger partial charge in [0.1, 0.15) is 12.6 Å². The van der Waals surface area contributed by atoms with Crippen molar-refractivity contribution >= 4 is 62.3 Å². The molecule has 1 N–H and O–H groups in total. The van der Waals surface area contributed by atoms with Crippen LogP contribution < -0.4 is 9.62 Å². The molecular formula is C28H30Cl3N3O4S. The second kappa shape index (κ2) is 14.0. The van der Waals surface area contributed by atoms with Crippen LogP contribution in [0.4, 0.5) is 5.69 Å². The summed E-state index contributed by atoms with van der Waals surface area (Å²) in [5.41, 5.74) is 0.830. The second-order valence-corrected chi connectivity index (χ2v) is 11.9. The minimum atomic E-state index is -4.22. The van der Waals surface area contributed by atoms with Crippen molar-refractivity contribution in [3.63, 3.8) is 0 Å². The molecule has 2 amide bonds. The smallest absolute Gasteiger partial charge is 0.264 e. The number of sulfonamides is 1. The molecule has 0 aliphatic carbocycles. The zero-order valence-electron chi connectivity index (χ0n) is 21.6. The van der Waals surface area contributed by atoms with Crippen LogP contribution in [0.2, 0.25) is 15.1 Å². The van der Waals surface area contributed by atoms with Crippen LogP contribution in [0, 0.1) is 0 Å². The largest absolute Gasteiger partial charge is 0.354 e. The van der Waals surface area contributed by atoms with Crippen molar-refractivity contribution in [2.45, 2.75) is 44.2 Å². The lowest BCUT2D eigenvalue weighted by molar-refractivity contribution is -0.140. The third-order valence-electron chi connectivity index (χ3n) is 6.01. The van der Waals surface area contributed by atoms with E-state index in [1.54, 1.807) is 49.4 Å². The van der Waals surface area contributed by atoms with Gasteiger partial charge in [-0.05, 0) is 66.9 Å². The summed E-state index contributed by atoms with van der Waals surface area (Å²) in [5.74, 6) is -0.902. The number of benzene rings is 3. The first-order valence-electron chi connectivity index (χ1n) is 12.4.